The van der Waals surface area contributed by atoms with Crippen molar-refractivity contribution < 1.29 is 14.3 Å². The summed E-state index contributed by atoms with van der Waals surface area (Å²) in [5.41, 5.74) is 1.15. The quantitative estimate of drug-likeness (QED) is 0.859. The van der Waals surface area contributed by atoms with Gasteiger partial charge in [0.05, 0.1) is 13.2 Å². The van der Waals surface area contributed by atoms with E-state index in [0.29, 0.717) is 13.0 Å². The van der Waals surface area contributed by atoms with Gasteiger partial charge in [0, 0.05) is 32.5 Å². The normalized spacial score (nSPS) is 24.9. The lowest BCUT2D eigenvalue weighted by molar-refractivity contribution is -0.145. The van der Waals surface area contributed by atoms with Crippen LogP contribution in [0.3, 0.4) is 0 Å². The van der Waals surface area contributed by atoms with Crippen LogP contribution < -0.4 is 4.74 Å². The lowest BCUT2D eigenvalue weighted by Gasteiger charge is -2.33. The molecular formula is C18H24N2O3. The van der Waals surface area contributed by atoms with Crippen molar-refractivity contribution in [2.24, 2.45) is 5.92 Å². The van der Waals surface area contributed by atoms with Crippen LogP contribution in [0.25, 0.3) is 0 Å². The van der Waals surface area contributed by atoms with Crippen molar-refractivity contribution in [3.8, 4) is 5.75 Å². The summed E-state index contributed by atoms with van der Waals surface area (Å²) in [4.78, 5) is 28.5. The average molecular weight is 316 g/mol. The van der Waals surface area contributed by atoms with E-state index in [2.05, 4.69) is 0 Å². The molecule has 2 aliphatic rings. The highest BCUT2D eigenvalue weighted by Crippen LogP contribution is 2.35. The molecule has 2 saturated heterocycles. The Bertz CT molecular complexity index is 584. The second kappa shape index (κ2) is 6.60. The van der Waals surface area contributed by atoms with Crippen LogP contribution in [0.2, 0.25) is 0 Å². The first kappa shape index (κ1) is 15.8. The molecule has 2 aliphatic heterocycles. The molecule has 0 aromatic heterocycles. The van der Waals surface area contributed by atoms with Crippen LogP contribution >= 0.6 is 0 Å². The van der Waals surface area contributed by atoms with Crippen molar-refractivity contribution in [3.05, 3.63) is 29.8 Å². The molecule has 2 fully saturated rings. The maximum Gasteiger partial charge on any atom is 0.226 e. The molecule has 2 heterocycles. The van der Waals surface area contributed by atoms with Gasteiger partial charge in [-0.15, -0.1) is 0 Å². The van der Waals surface area contributed by atoms with Gasteiger partial charge < -0.3 is 14.5 Å². The molecule has 124 valence electrons. The molecular weight excluding hydrogens is 292 g/mol. The molecule has 1 aromatic carbocycles. The lowest BCUT2D eigenvalue weighted by Crippen LogP contribution is -2.43. The Hall–Kier alpha value is -2.04. The highest BCUT2D eigenvalue weighted by molar-refractivity contribution is 5.87. The van der Waals surface area contributed by atoms with Crippen LogP contribution in [0.5, 0.6) is 5.75 Å². The summed E-state index contributed by atoms with van der Waals surface area (Å²) < 4.78 is 5.20. The third-order valence-electron chi connectivity index (χ3n) is 5.05. The summed E-state index contributed by atoms with van der Waals surface area (Å²) >= 11 is 0. The highest BCUT2D eigenvalue weighted by atomic mass is 16.5. The first-order valence-corrected chi connectivity index (χ1v) is 8.28. The van der Waals surface area contributed by atoms with E-state index >= 15 is 0 Å². The second-order valence-corrected chi connectivity index (χ2v) is 6.47. The zero-order valence-electron chi connectivity index (χ0n) is 13.8. The predicted octanol–water partition coefficient (Wildman–Crippen LogP) is 2.23. The average Bonchev–Trinajstić information content (AvgIpc) is 3.06. The maximum atomic E-state index is 12.9. The number of carbonyl (C=O) groups excluding carboxylic acids is 2. The summed E-state index contributed by atoms with van der Waals surface area (Å²) in [7, 11) is 3.45. The molecule has 2 unspecified atom stereocenters. The summed E-state index contributed by atoms with van der Waals surface area (Å²) in [6, 6.07) is 8.08. The van der Waals surface area contributed by atoms with Gasteiger partial charge >= 0.3 is 0 Å². The van der Waals surface area contributed by atoms with Gasteiger partial charge in [0.25, 0.3) is 0 Å². The van der Waals surface area contributed by atoms with Crippen molar-refractivity contribution in [2.45, 2.75) is 31.7 Å². The molecule has 2 atom stereocenters. The number of piperidine rings is 1. The third-order valence-corrected chi connectivity index (χ3v) is 5.05. The van der Waals surface area contributed by atoms with Gasteiger partial charge in [-0.2, -0.15) is 0 Å². The first-order valence-electron chi connectivity index (χ1n) is 8.28. The number of carbonyl (C=O) groups is 2. The summed E-state index contributed by atoms with van der Waals surface area (Å²) in [5.74, 6) is 0.891. The standard InChI is InChI=1S/C18H24N2O3/c1-19-11-9-14(12-17(19)21)18(22)20-10-3-4-16(20)13-5-7-15(23-2)8-6-13/h5-8,14,16H,3-4,9-12H2,1-2H3. The van der Waals surface area contributed by atoms with E-state index in [9.17, 15) is 9.59 Å². The maximum absolute atomic E-state index is 12.9. The molecule has 0 N–H and O–H groups in total. The molecule has 2 amide bonds. The van der Waals surface area contributed by atoms with Crippen molar-refractivity contribution in [1.82, 2.24) is 9.80 Å². The Balaban J connectivity index is 1.73. The number of hydrogen-bond acceptors (Lipinski definition) is 3. The fraction of sp³-hybridized carbons (Fsp3) is 0.556. The Morgan fingerprint density at radius 3 is 2.57 bits per heavy atom. The number of likely N-dealkylation sites (tertiary alicyclic amines) is 2. The van der Waals surface area contributed by atoms with Gasteiger partial charge in [-0.1, -0.05) is 12.1 Å². The SMILES string of the molecule is COc1ccc(C2CCCN2C(=O)C2CCN(C)C(=O)C2)cc1. The number of hydrogen-bond donors (Lipinski definition) is 0. The number of amides is 2. The van der Waals surface area contributed by atoms with E-state index in [1.807, 2.05) is 29.2 Å². The number of benzene rings is 1. The van der Waals surface area contributed by atoms with Crippen LogP contribution in [-0.2, 0) is 9.59 Å². The minimum atomic E-state index is -0.155. The Kier molecular flexibility index (Phi) is 4.55. The molecule has 0 saturated carbocycles. The summed E-state index contributed by atoms with van der Waals surface area (Å²) in [6.45, 7) is 1.46. The highest BCUT2D eigenvalue weighted by Gasteiger charge is 2.36. The molecule has 5 nitrogen and oxygen atoms in total. The van der Waals surface area contributed by atoms with E-state index in [4.69, 9.17) is 4.74 Å². The van der Waals surface area contributed by atoms with Crippen LogP contribution in [0.1, 0.15) is 37.3 Å². The van der Waals surface area contributed by atoms with E-state index in [1.54, 1.807) is 19.1 Å². The molecule has 1 aromatic rings. The molecule has 5 heteroatoms. The zero-order valence-corrected chi connectivity index (χ0v) is 13.8. The van der Waals surface area contributed by atoms with Crippen molar-refractivity contribution in [1.29, 1.82) is 0 Å². The molecule has 0 bridgehead atoms. The lowest BCUT2D eigenvalue weighted by atomic mass is 9.94. The molecule has 3 rings (SSSR count). The van der Waals surface area contributed by atoms with E-state index in [0.717, 1.165) is 37.1 Å². The van der Waals surface area contributed by atoms with Crippen molar-refractivity contribution >= 4 is 11.8 Å². The van der Waals surface area contributed by atoms with E-state index in [1.165, 1.54) is 0 Å². The van der Waals surface area contributed by atoms with Gasteiger partial charge in [0.1, 0.15) is 5.75 Å². The summed E-state index contributed by atoms with van der Waals surface area (Å²) in [5, 5.41) is 0. The zero-order chi connectivity index (χ0) is 16.4. The minimum absolute atomic E-state index is 0.0785. The van der Waals surface area contributed by atoms with E-state index < -0.39 is 0 Å². The number of ether oxygens (including phenoxy) is 1. The van der Waals surface area contributed by atoms with Crippen LogP contribution in [-0.4, -0.2) is 48.9 Å². The Morgan fingerprint density at radius 2 is 1.91 bits per heavy atom. The molecule has 23 heavy (non-hydrogen) atoms. The van der Waals surface area contributed by atoms with Gasteiger partial charge in [-0.25, -0.2) is 0 Å². The van der Waals surface area contributed by atoms with Crippen LogP contribution in [0.4, 0.5) is 0 Å². The monoisotopic (exact) mass is 316 g/mol. The topological polar surface area (TPSA) is 49.9 Å². The van der Waals surface area contributed by atoms with Crippen LogP contribution in [0, 0.1) is 5.92 Å². The van der Waals surface area contributed by atoms with Gasteiger partial charge in [0.15, 0.2) is 0 Å². The van der Waals surface area contributed by atoms with Gasteiger partial charge in [-0.3, -0.25) is 9.59 Å². The predicted molar refractivity (Wildman–Crippen MR) is 87.0 cm³/mol. The molecule has 0 radical (unpaired) electrons. The minimum Gasteiger partial charge on any atom is -0.497 e. The number of rotatable bonds is 3. The van der Waals surface area contributed by atoms with E-state index in [-0.39, 0.29) is 23.8 Å². The van der Waals surface area contributed by atoms with Gasteiger partial charge in [0.2, 0.25) is 11.8 Å². The van der Waals surface area contributed by atoms with Gasteiger partial charge in [-0.05, 0) is 37.0 Å². The van der Waals surface area contributed by atoms with Crippen molar-refractivity contribution in [3.63, 3.8) is 0 Å². The smallest absolute Gasteiger partial charge is 0.226 e. The Morgan fingerprint density at radius 1 is 1.17 bits per heavy atom. The number of methoxy groups -OCH3 is 1. The fourth-order valence-corrected chi connectivity index (χ4v) is 3.59. The second-order valence-electron chi connectivity index (χ2n) is 6.47. The largest absolute Gasteiger partial charge is 0.497 e. The fourth-order valence-electron chi connectivity index (χ4n) is 3.59. The number of nitrogens with zero attached hydrogens (tertiary/aromatic N) is 2. The van der Waals surface area contributed by atoms with Crippen molar-refractivity contribution in [2.75, 3.05) is 27.2 Å². The summed E-state index contributed by atoms with van der Waals surface area (Å²) in [6.07, 6.45) is 3.12. The van der Waals surface area contributed by atoms with Crippen LogP contribution in [0.15, 0.2) is 24.3 Å². The first-order chi connectivity index (χ1) is 11.1. The molecule has 0 spiro atoms. The third kappa shape index (κ3) is 3.19. The molecule has 0 aliphatic carbocycles. The Labute approximate surface area is 137 Å².